The molecule has 0 radical (unpaired) electrons. The van der Waals surface area contributed by atoms with Crippen LogP contribution in [0, 0.1) is 11.8 Å². The first kappa shape index (κ1) is 10.4. The van der Waals surface area contributed by atoms with Gasteiger partial charge >= 0.3 is 6.16 Å². The summed E-state index contributed by atoms with van der Waals surface area (Å²) in [5.41, 5.74) is 0. The molecule has 0 aromatic carbocycles. The molecule has 0 N–H and O–H groups in total. The van der Waals surface area contributed by atoms with Gasteiger partial charge in [-0.05, 0) is 24.7 Å². The molecule has 0 aromatic rings. The van der Waals surface area contributed by atoms with Crippen molar-refractivity contribution >= 4 is 6.16 Å². The summed E-state index contributed by atoms with van der Waals surface area (Å²) < 4.78 is 9.79. The van der Waals surface area contributed by atoms with E-state index in [-0.39, 0.29) is 0 Å². The van der Waals surface area contributed by atoms with E-state index in [0.29, 0.717) is 25.0 Å². The molecule has 1 aliphatic rings. The van der Waals surface area contributed by atoms with Crippen LogP contribution in [0.4, 0.5) is 4.79 Å². The molecule has 0 aliphatic carbocycles. The van der Waals surface area contributed by atoms with Crippen LogP contribution in [0.25, 0.3) is 0 Å². The smallest absolute Gasteiger partial charge is 0.434 e. The molecule has 0 aromatic heterocycles. The highest BCUT2D eigenvalue weighted by molar-refractivity contribution is 5.59. The monoisotopic (exact) mass is 186 g/mol. The first-order valence-corrected chi connectivity index (χ1v) is 5.03. The van der Waals surface area contributed by atoms with E-state index in [9.17, 15) is 4.79 Å². The summed E-state index contributed by atoms with van der Waals surface area (Å²) in [4.78, 5) is 10.9. The highest BCUT2D eigenvalue weighted by Crippen LogP contribution is 2.22. The van der Waals surface area contributed by atoms with Crippen molar-refractivity contribution in [3.8, 4) is 0 Å². The zero-order valence-electron chi connectivity index (χ0n) is 8.41. The van der Waals surface area contributed by atoms with Crippen LogP contribution in [0.5, 0.6) is 0 Å². The number of carbonyl (C=O) groups is 1. The van der Waals surface area contributed by atoms with Gasteiger partial charge in [-0.2, -0.15) is 0 Å². The van der Waals surface area contributed by atoms with Gasteiger partial charge in [-0.3, -0.25) is 0 Å². The zero-order chi connectivity index (χ0) is 9.68. The second kappa shape index (κ2) is 5.10. The Hall–Kier alpha value is -0.730. The van der Waals surface area contributed by atoms with E-state index in [4.69, 9.17) is 9.47 Å². The summed E-state index contributed by atoms with van der Waals surface area (Å²) in [6, 6.07) is 0. The number of hydrogen-bond donors (Lipinski definition) is 0. The first-order valence-electron chi connectivity index (χ1n) is 5.03. The van der Waals surface area contributed by atoms with Gasteiger partial charge < -0.3 is 9.47 Å². The fourth-order valence-corrected chi connectivity index (χ4v) is 1.77. The van der Waals surface area contributed by atoms with Gasteiger partial charge in [-0.25, -0.2) is 4.79 Å². The highest BCUT2D eigenvalue weighted by atomic mass is 16.7. The Labute approximate surface area is 79.4 Å². The van der Waals surface area contributed by atoms with E-state index in [2.05, 4.69) is 13.8 Å². The molecule has 76 valence electrons. The van der Waals surface area contributed by atoms with Crippen molar-refractivity contribution in [3.05, 3.63) is 0 Å². The van der Waals surface area contributed by atoms with Gasteiger partial charge in [-0.1, -0.05) is 20.3 Å². The van der Waals surface area contributed by atoms with Crippen LogP contribution in [-0.4, -0.2) is 19.4 Å². The minimum absolute atomic E-state index is 0.454. The predicted molar refractivity (Wildman–Crippen MR) is 49.5 cm³/mol. The molecule has 1 fully saturated rings. The summed E-state index contributed by atoms with van der Waals surface area (Å²) in [6.45, 7) is 5.31. The molecule has 0 spiro atoms. The second-order valence-corrected chi connectivity index (χ2v) is 3.70. The fourth-order valence-electron chi connectivity index (χ4n) is 1.77. The van der Waals surface area contributed by atoms with E-state index >= 15 is 0 Å². The van der Waals surface area contributed by atoms with Crippen molar-refractivity contribution < 1.29 is 14.3 Å². The maximum atomic E-state index is 10.9. The largest absolute Gasteiger partial charge is 0.508 e. The van der Waals surface area contributed by atoms with Crippen molar-refractivity contribution in [2.24, 2.45) is 11.8 Å². The number of rotatable bonds is 1. The Morgan fingerprint density at radius 3 is 2.92 bits per heavy atom. The van der Waals surface area contributed by atoms with Crippen LogP contribution >= 0.6 is 0 Å². The van der Waals surface area contributed by atoms with Crippen LogP contribution in [0.15, 0.2) is 0 Å². The molecular formula is C10H18O3. The zero-order valence-corrected chi connectivity index (χ0v) is 8.41. The molecule has 0 amide bonds. The average Bonchev–Trinajstić information content (AvgIpc) is 2.20. The molecule has 2 unspecified atom stereocenters. The molecule has 3 nitrogen and oxygen atoms in total. The lowest BCUT2D eigenvalue weighted by molar-refractivity contribution is 0.0479. The van der Waals surface area contributed by atoms with Gasteiger partial charge in [0.05, 0.1) is 13.2 Å². The van der Waals surface area contributed by atoms with Gasteiger partial charge in [0.25, 0.3) is 0 Å². The quantitative estimate of drug-likeness (QED) is 0.590. The molecule has 0 saturated carbocycles. The summed E-state index contributed by atoms with van der Waals surface area (Å²) >= 11 is 0. The lowest BCUT2D eigenvalue weighted by atomic mass is 9.88. The Bertz CT molecular complexity index is 168. The Balaban J connectivity index is 2.46. The molecule has 1 aliphatic heterocycles. The van der Waals surface area contributed by atoms with E-state index in [1.54, 1.807) is 0 Å². The summed E-state index contributed by atoms with van der Waals surface area (Å²) in [5.74, 6) is 1.12. The summed E-state index contributed by atoms with van der Waals surface area (Å²) in [6.07, 6.45) is 2.73. The Kier molecular flexibility index (Phi) is 4.06. The minimum atomic E-state index is -0.511. The van der Waals surface area contributed by atoms with Gasteiger partial charge in [-0.15, -0.1) is 0 Å². The maximum Gasteiger partial charge on any atom is 0.508 e. The molecule has 3 heteroatoms. The van der Waals surface area contributed by atoms with E-state index in [1.165, 1.54) is 0 Å². The molecule has 2 atom stereocenters. The van der Waals surface area contributed by atoms with Gasteiger partial charge in [0, 0.05) is 0 Å². The molecule has 1 heterocycles. The third-order valence-corrected chi connectivity index (χ3v) is 2.73. The predicted octanol–water partition coefficient (Wildman–Crippen LogP) is 2.60. The number of carbonyl (C=O) groups excluding carboxylic acids is 1. The fraction of sp³-hybridized carbons (Fsp3) is 0.900. The van der Waals surface area contributed by atoms with Crippen LogP contribution in [0.2, 0.25) is 0 Å². The van der Waals surface area contributed by atoms with Crippen molar-refractivity contribution in [2.75, 3.05) is 13.2 Å². The molecule has 1 saturated heterocycles. The van der Waals surface area contributed by atoms with Crippen LogP contribution in [-0.2, 0) is 9.47 Å². The molecule has 0 bridgehead atoms. The first-order chi connectivity index (χ1) is 6.24. The number of hydrogen-bond acceptors (Lipinski definition) is 3. The summed E-state index contributed by atoms with van der Waals surface area (Å²) in [7, 11) is 0. The van der Waals surface area contributed by atoms with E-state index in [1.807, 2.05) is 0 Å². The summed E-state index contributed by atoms with van der Waals surface area (Å²) in [5, 5.41) is 0. The van der Waals surface area contributed by atoms with Crippen molar-refractivity contribution in [1.29, 1.82) is 0 Å². The lowest BCUT2D eigenvalue weighted by Crippen LogP contribution is -2.17. The van der Waals surface area contributed by atoms with Crippen LogP contribution in [0.1, 0.15) is 33.1 Å². The standard InChI is InChI=1S/C10H18O3/c1-3-9-5-4-6-12-10(11)13-7-8(9)2/h8-9H,3-7H2,1-2H3. The maximum absolute atomic E-state index is 10.9. The second-order valence-electron chi connectivity index (χ2n) is 3.70. The van der Waals surface area contributed by atoms with E-state index in [0.717, 1.165) is 19.3 Å². The number of cyclic esters (lactones) is 2. The third-order valence-electron chi connectivity index (χ3n) is 2.73. The van der Waals surface area contributed by atoms with Crippen molar-refractivity contribution in [2.45, 2.75) is 33.1 Å². The van der Waals surface area contributed by atoms with Crippen LogP contribution < -0.4 is 0 Å². The topological polar surface area (TPSA) is 35.5 Å². The highest BCUT2D eigenvalue weighted by Gasteiger charge is 2.19. The van der Waals surface area contributed by atoms with Crippen LogP contribution in [0.3, 0.4) is 0 Å². The van der Waals surface area contributed by atoms with E-state index < -0.39 is 6.16 Å². The van der Waals surface area contributed by atoms with Gasteiger partial charge in [0.15, 0.2) is 0 Å². The normalized spacial score (nSPS) is 30.8. The molecule has 1 rings (SSSR count). The average molecular weight is 186 g/mol. The van der Waals surface area contributed by atoms with Crippen molar-refractivity contribution in [3.63, 3.8) is 0 Å². The SMILES string of the molecule is CCC1CCCOC(=O)OCC1C. The Morgan fingerprint density at radius 1 is 1.46 bits per heavy atom. The van der Waals surface area contributed by atoms with Gasteiger partial charge in [0.2, 0.25) is 0 Å². The van der Waals surface area contributed by atoms with Crippen molar-refractivity contribution in [1.82, 2.24) is 0 Å². The third kappa shape index (κ3) is 3.25. The Morgan fingerprint density at radius 2 is 2.23 bits per heavy atom. The van der Waals surface area contributed by atoms with Gasteiger partial charge in [0.1, 0.15) is 0 Å². The number of ether oxygens (including phenoxy) is 2. The molecule has 13 heavy (non-hydrogen) atoms. The minimum Gasteiger partial charge on any atom is -0.434 e. The lowest BCUT2D eigenvalue weighted by Gasteiger charge is -2.19. The molecular weight excluding hydrogens is 168 g/mol.